The quantitative estimate of drug-likeness (QED) is 0.860. The van der Waals surface area contributed by atoms with Gasteiger partial charge in [-0.25, -0.2) is 4.98 Å². The molecule has 0 unspecified atom stereocenters. The van der Waals surface area contributed by atoms with Crippen LogP contribution in [0.15, 0.2) is 29.6 Å². The summed E-state index contributed by atoms with van der Waals surface area (Å²) in [5, 5.41) is 5.93. The van der Waals surface area contributed by atoms with Crippen molar-refractivity contribution in [2.24, 2.45) is 0 Å². The van der Waals surface area contributed by atoms with Crippen LogP contribution in [0.5, 0.6) is 0 Å². The van der Waals surface area contributed by atoms with Gasteiger partial charge in [0.25, 0.3) is 0 Å². The number of nitrogens with one attached hydrogen (secondary N) is 1. The fraction of sp³-hybridized carbons (Fsp3) is 0.375. The first-order valence-electron chi connectivity index (χ1n) is 7.43. The van der Waals surface area contributed by atoms with Gasteiger partial charge in [0, 0.05) is 29.7 Å². The van der Waals surface area contributed by atoms with Gasteiger partial charge in [-0.1, -0.05) is 12.1 Å². The van der Waals surface area contributed by atoms with E-state index in [1.165, 1.54) is 19.3 Å². The number of piperidine rings is 1. The molecule has 1 amide bonds. The smallest absolute Gasteiger partial charge is 0.239 e. The maximum atomic E-state index is 11.3. The standard InChI is InChI=1S/C16H18ClN3OS/c17-10-15(21)18-13-6-4-12(5-7-13)14-11-22-16(19-14)20-8-2-1-3-9-20/h4-7,11H,1-3,8-10H2,(H,18,21). The van der Waals surface area contributed by atoms with Crippen molar-refractivity contribution in [3.8, 4) is 11.3 Å². The van der Waals surface area contributed by atoms with Gasteiger partial charge < -0.3 is 10.2 Å². The normalized spacial score (nSPS) is 14.9. The Morgan fingerprint density at radius 3 is 2.64 bits per heavy atom. The van der Waals surface area contributed by atoms with E-state index in [0.717, 1.165) is 35.2 Å². The lowest BCUT2D eigenvalue weighted by molar-refractivity contribution is -0.113. The van der Waals surface area contributed by atoms with Gasteiger partial charge in [-0.3, -0.25) is 4.79 Å². The van der Waals surface area contributed by atoms with Gasteiger partial charge in [0.05, 0.1) is 5.69 Å². The number of rotatable bonds is 4. The summed E-state index contributed by atoms with van der Waals surface area (Å²) in [6.45, 7) is 2.21. The van der Waals surface area contributed by atoms with Crippen molar-refractivity contribution in [1.82, 2.24) is 4.98 Å². The van der Waals surface area contributed by atoms with Crippen LogP contribution < -0.4 is 10.2 Å². The van der Waals surface area contributed by atoms with Crippen LogP contribution in [0.25, 0.3) is 11.3 Å². The Labute approximate surface area is 139 Å². The molecule has 4 nitrogen and oxygen atoms in total. The van der Waals surface area contributed by atoms with E-state index in [-0.39, 0.29) is 11.8 Å². The number of benzene rings is 1. The summed E-state index contributed by atoms with van der Waals surface area (Å²) in [7, 11) is 0. The third-order valence-electron chi connectivity index (χ3n) is 3.70. The molecule has 116 valence electrons. The zero-order valence-corrected chi connectivity index (χ0v) is 13.8. The molecule has 6 heteroatoms. The molecular weight excluding hydrogens is 318 g/mol. The minimum atomic E-state index is -0.199. The molecule has 0 spiro atoms. The zero-order valence-electron chi connectivity index (χ0n) is 12.2. The van der Waals surface area contributed by atoms with E-state index in [1.807, 2.05) is 24.3 Å². The van der Waals surface area contributed by atoms with Crippen LogP contribution in [0.3, 0.4) is 0 Å². The molecule has 1 aromatic heterocycles. The van der Waals surface area contributed by atoms with Crippen LogP contribution in [0.2, 0.25) is 0 Å². The number of nitrogens with zero attached hydrogens (tertiary/aromatic N) is 2. The average Bonchev–Trinajstić information content (AvgIpc) is 3.06. The SMILES string of the molecule is O=C(CCl)Nc1ccc(-c2csc(N3CCCCC3)n2)cc1. The van der Waals surface area contributed by atoms with E-state index < -0.39 is 0 Å². The number of halogens is 1. The minimum absolute atomic E-state index is 0.0347. The molecule has 1 aliphatic rings. The van der Waals surface area contributed by atoms with E-state index in [1.54, 1.807) is 11.3 Å². The van der Waals surface area contributed by atoms with Crippen LogP contribution in [-0.4, -0.2) is 29.9 Å². The molecule has 1 aliphatic heterocycles. The van der Waals surface area contributed by atoms with Gasteiger partial charge in [0.1, 0.15) is 5.88 Å². The number of carbonyl (C=O) groups excluding carboxylic acids is 1. The Kier molecular flexibility index (Phi) is 4.95. The molecule has 3 rings (SSSR count). The maximum Gasteiger partial charge on any atom is 0.239 e. The van der Waals surface area contributed by atoms with E-state index in [4.69, 9.17) is 16.6 Å². The molecule has 1 N–H and O–H groups in total. The molecule has 0 aliphatic carbocycles. The second-order valence-electron chi connectivity index (χ2n) is 5.32. The first kappa shape index (κ1) is 15.3. The Balaban J connectivity index is 1.71. The van der Waals surface area contributed by atoms with Crippen LogP contribution in [0.4, 0.5) is 10.8 Å². The van der Waals surface area contributed by atoms with Crippen molar-refractivity contribution < 1.29 is 4.79 Å². The van der Waals surface area contributed by atoms with Crippen molar-refractivity contribution in [1.29, 1.82) is 0 Å². The molecule has 0 bridgehead atoms. The minimum Gasteiger partial charge on any atom is -0.348 e. The van der Waals surface area contributed by atoms with Crippen LogP contribution in [0.1, 0.15) is 19.3 Å². The summed E-state index contributed by atoms with van der Waals surface area (Å²) in [4.78, 5) is 18.4. The largest absolute Gasteiger partial charge is 0.348 e. The fourth-order valence-corrected chi connectivity index (χ4v) is 3.50. The predicted octanol–water partition coefficient (Wildman–Crippen LogP) is 3.98. The molecule has 2 heterocycles. The Morgan fingerprint density at radius 1 is 1.23 bits per heavy atom. The van der Waals surface area contributed by atoms with E-state index in [0.29, 0.717) is 0 Å². The second-order valence-corrected chi connectivity index (χ2v) is 6.43. The summed E-state index contributed by atoms with van der Waals surface area (Å²) in [6, 6.07) is 7.69. The first-order chi connectivity index (χ1) is 10.8. The van der Waals surface area contributed by atoms with Crippen molar-refractivity contribution in [3.05, 3.63) is 29.6 Å². The zero-order chi connectivity index (χ0) is 15.4. The van der Waals surface area contributed by atoms with Crippen molar-refractivity contribution in [2.75, 3.05) is 29.2 Å². The molecule has 1 aromatic carbocycles. The average molecular weight is 336 g/mol. The van der Waals surface area contributed by atoms with Crippen molar-refractivity contribution in [3.63, 3.8) is 0 Å². The highest BCUT2D eigenvalue weighted by atomic mass is 35.5. The van der Waals surface area contributed by atoms with Crippen LogP contribution >= 0.6 is 22.9 Å². The van der Waals surface area contributed by atoms with Crippen molar-refractivity contribution >= 4 is 39.7 Å². The predicted molar refractivity (Wildman–Crippen MR) is 93.0 cm³/mol. The summed E-state index contributed by atoms with van der Waals surface area (Å²) in [5.41, 5.74) is 2.80. The number of carbonyl (C=O) groups is 1. The Morgan fingerprint density at radius 2 is 1.95 bits per heavy atom. The number of anilines is 2. The number of amides is 1. The Hall–Kier alpha value is -1.59. The number of hydrogen-bond donors (Lipinski definition) is 1. The Bertz CT molecular complexity index is 635. The van der Waals surface area contributed by atoms with Gasteiger partial charge >= 0.3 is 0 Å². The van der Waals surface area contributed by atoms with E-state index >= 15 is 0 Å². The highest BCUT2D eigenvalue weighted by Crippen LogP contribution is 2.29. The second kappa shape index (κ2) is 7.11. The van der Waals surface area contributed by atoms with E-state index in [2.05, 4.69) is 15.6 Å². The molecule has 1 fully saturated rings. The maximum absolute atomic E-state index is 11.3. The van der Waals surface area contributed by atoms with Crippen molar-refractivity contribution in [2.45, 2.75) is 19.3 Å². The summed E-state index contributed by atoms with van der Waals surface area (Å²) in [5.74, 6) is -0.233. The lowest BCUT2D eigenvalue weighted by Gasteiger charge is -2.25. The lowest BCUT2D eigenvalue weighted by atomic mass is 10.1. The van der Waals surface area contributed by atoms with Gasteiger partial charge in [-0.05, 0) is 31.4 Å². The first-order valence-corrected chi connectivity index (χ1v) is 8.84. The van der Waals surface area contributed by atoms with Crippen LogP contribution in [0, 0.1) is 0 Å². The van der Waals surface area contributed by atoms with Gasteiger partial charge in [0.2, 0.25) is 5.91 Å². The van der Waals surface area contributed by atoms with Gasteiger partial charge in [-0.15, -0.1) is 22.9 Å². The van der Waals surface area contributed by atoms with E-state index in [9.17, 15) is 4.79 Å². The van der Waals surface area contributed by atoms with Gasteiger partial charge in [0.15, 0.2) is 5.13 Å². The molecule has 1 saturated heterocycles. The highest BCUT2D eigenvalue weighted by Gasteiger charge is 2.14. The third-order valence-corrected chi connectivity index (χ3v) is 4.85. The monoisotopic (exact) mass is 335 g/mol. The molecule has 22 heavy (non-hydrogen) atoms. The number of aromatic nitrogens is 1. The molecule has 0 saturated carbocycles. The molecule has 0 atom stereocenters. The van der Waals surface area contributed by atoms with Gasteiger partial charge in [-0.2, -0.15) is 0 Å². The van der Waals surface area contributed by atoms with Crippen LogP contribution in [-0.2, 0) is 4.79 Å². The number of alkyl halides is 1. The third kappa shape index (κ3) is 3.59. The number of thiazole rings is 1. The molecule has 2 aromatic rings. The lowest BCUT2D eigenvalue weighted by Crippen LogP contribution is -2.29. The number of hydrogen-bond acceptors (Lipinski definition) is 4. The topological polar surface area (TPSA) is 45.2 Å². The summed E-state index contributed by atoms with van der Waals surface area (Å²) in [6.07, 6.45) is 3.83. The summed E-state index contributed by atoms with van der Waals surface area (Å²) < 4.78 is 0. The molecule has 0 radical (unpaired) electrons. The summed E-state index contributed by atoms with van der Waals surface area (Å²) >= 11 is 7.18. The fourth-order valence-electron chi connectivity index (χ4n) is 2.55. The highest BCUT2D eigenvalue weighted by molar-refractivity contribution is 7.14. The molecular formula is C16H18ClN3OS.